The summed E-state index contributed by atoms with van der Waals surface area (Å²) in [5.41, 5.74) is 2.35. The van der Waals surface area contributed by atoms with Crippen LogP contribution in [0.5, 0.6) is 0 Å². The summed E-state index contributed by atoms with van der Waals surface area (Å²) in [6, 6.07) is 19.9. The Morgan fingerprint density at radius 2 is 1.48 bits per heavy atom. The normalized spacial score (nSPS) is 17.8. The van der Waals surface area contributed by atoms with Crippen LogP contribution in [0.4, 0.5) is 5.69 Å². The Balaban J connectivity index is 1.90. The molecule has 0 heterocycles. The summed E-state index contributed by atoms with van der Waals surface area (Å²) in [5, 5.41) is 6.59. The first kappa shape index (κ1) is 19.0. The molecule has 3 rings (SSSR count). The second kappa shape index (κ2) is 7.87. The molecule has 4 heteroatoms. The largest absolute Gasteiger partial charge is 0.298 e. The molecule has 0 amide bonds. The molecule has 2 aromatic rings. The molecule has 27 heavy (non-hydrogen) atoms. The van der Waals surface area contributed by atoms with Gasteiger partial charge in [0.05, 0.1) is 17.9 Å². The second-order valence-corrected chi connectivity index (χ2v) is 8.00. The fourth-order valence-electron chi connectivity index (χ4n) is 3.64. The summed E-state index contributed by atoms with van der Waals surface area (Å²) in [7, 11) is 0. The van der Waals surface area contributed by atoms with Gasteiger partial charge in [0, 0.05) is 12.8 Å². The number of hydrazone groups is 1. The SMILES string of the molecule is C/C(=N\N(Cc1ccccc1)c1ccccc1)C1C(=O)CC(C)(C)CC1=O. The average Bonchev–Trinajstić information content (AvgIpc) is 2.61. The van der Waals surface area contributed by atoms with E-state index in [4.69, 9.17) is 5.10 Å². The standard InChI is InChI=1S/C23H26N2O2/c1-17(22-20(26)14-23(2,3)15-21(22)27)24-25(19-12-8-5-9-13-19)16-18-10-6-4-7-11-18/h4-13,22H,14-16H2,1-3H3/b24-17+. The summed E-state index contributed by atoms with van der Waals surface area (Å²) >= 11 is 0. The van der Waals surface area contributed by atoms with Crippen molar-refractivity contribution in [1.82, 2.24) is 0 Å². The van der Waals surface area contributed by atoms with E-state index in [1.54, 1.807) is 6.92 Å². The van der Waals surface area contributed by atoms with Gasteiger partial charge in [0.1, 0.15) is 17.5 Å². The first-order valence-electron chi connectivity index (χ1n) is 9.33. The van der Waals surface area contributed by atoms with Crippen LogP contribution in [-0.2, 0) is 16.1 Å². The van der Waals surface area contributed by atoms with Crippen LogP contribution < -0.4 is 5.01 Å². The van der Waals surface area contributed by atoms with Crippen molar-refractivity contribution in [3.05, 3.63) is 66.2 Å². The van der Waals surface area contributed by atoms with E-state index in [-0.39, 0.29) is 17.0 Å². The van der Waals surface area contributed by atoms with Crippen LogP contribution in [0.15, 0.2) is 65.8 Å². The molecular formula is C23H26N2O2. The average molecular weight is 362 g/mol. The number of hydrogen-bond donors (Lipinski definition) is 0. The third kappa shape index (κ3) is 4.70. The lowest BCUT2D eigenvalue weighted by molar-refractivity contribution is -0.136. The fraction of sp³-hybridized carbons (Fsp3) is 0.348. The van der Waals surface area contributed by atoms with E-state index in [1.807, 2.05) is 79.5 Å². The Morgan fingerprint density at radius 1 is 0.963 bits per heavy atom. The molecule has 2 aromatic carbocycles. The van der Waals surface area contributed by atoms with Crippen LogP contribution in [0.2, 0.25) is 0 Å². The Bertz CT molecular complexity index is 821. The van der Waals surface area contributed by atoms with Crippen LogP contribution in [0.25, 0.3) is 0 Å². The molecule has 0 atom stereocenters. The Hall–Kier alpha value is -2.75. The zero-order valence-corrected chi connectivity index (χ0v) is 16.2. The molecule has 1 saturated carbocycles. The maximum absolute atomic E-state index is 12.6. The summed E-state index contributed by atoms with van der Waals surface area (Å²) < 4.78 is 0. The summed E-state index contributed by atoms with van der Waals surface area (Å²) in [6.45, 7) is 6.30. The zero-order chi connectivity index (χ0) is 19.4. The summed E-state index contributed by atoms with van der Waals surface area (Å²) in [5.74, 6) is -0.768. The maximum Gasteiger partial charge on any atom is 0.149 e. The van der Waals surface area contributed by atoms with Gasteiger partial charge in [-0.15, -0.1) is 0 Å². The van der Waals surface area contributed by atoms with E-state index in [0.29, 0.717) is 25.1 Å². The summed E-state index contributed by atoms with van der Waals surface area (Å²) in [6.07, 6.45) is 0.834. The molecule has 140 valence electrons. The Labute approximate surface area is 160 Å². The second-order valence-electron chi connectivity index (χ2n) is 8.00. The highest BCUT2D eigenvalue weighted by Crippen LogP contribution is 2.34. The monoisotopic (exact) mass is 362 g/mol. The molecule has 4 nitrogen and oxygen atoms in total. The predicted octanol–water partition coefficient (Wildman–Crippen LogP) is 4.64. The van der Waals surface area contributed by atoms with Gasteiger partial charge in [-0.25, -0.2) is 0 Å². The van der Waals surface area contributed by atoms with Crippen molar-refractivity contribution in [3.63, 3.8) is 0 Å². The van der Waals surface area contributed by atoms with Crippen LogP contribution in [-0.4, -0.2) is 17.3 Å². The highest BCUT2D eigenvalue weighted by molar-refractivity contribution is 6.22. The lowest BCUT2D eigenvalue weighted by atomic mass is 9.70. The van der Waals surface area contributed by atoms with Gasteiger partial charge in [0.2, 0.25) is 0 Å². The van der Waals surface area contributed by atoms with Crippen molar-refractivity contribution in [2.75, 3.05) is 5.01 Å². The van der Waals surface area contributed by atoms with E-state index in [2.05, 4.69) is 0 Å². The van der Waals surface area contributed by atoms with Gasteiger partial charge in [-0.2, -0.15) is 5.10 Å². The molecule has 0 spiro atoms. The van der Waals surface area contributed by atoms with Gasteiger partial charge >= 0.3 is 0 Å². The molecule has 0 N–H and O–H groups in total. The van der Waals surface area contributed by atoms with Crippen molar-refractivity contribution < 1.29 is 9.59 Å². The van der Waals surface area contributed by atoms with Crippen LogP contribution in [0.1, 0.15) is 39.2 Å². The summed E-state index contributed by atoms with van der Waals surface area (Å²) in [4.78, 5) is 25.2. The Kier molecular flexibility index (Phi) is 5.54. The number of rotatable bonds is 5. The molecule has 1 aliphatic rings. The molecular weight excluding hydrogens is 336 g/mol. The maximum atomic E-state index is 12.6. The molecule has 0 aliphatic heterocycles. The van der Waals surface area contributed by atoms with E-state index in [0.717, 1.165) is 11.3 Å². The number of ketones is 2. The van der Waals surface area contributed by atoms with Crippen molar-refractivity contribution >= 4 is 23.0 Å². The van der Waals surface area contributed by atoms with E-state index in [1.165, 1.54) is 0 Å². The molecule has 0 bridgehead atoms. The van der Waals surface area contributed by atoms with Gasteiger partial charge in [-0.3, -0.25) is 14.6 Å². The van der Waals surface area contributed by atoms with E-state index in [9.17, 15) is 9.59 Å². The number of Topliss-reactive ketones (excluding diaryl/α,β-unsaturated/α-hetero) is 2. The smallest absolute Gasteiger partial charge is 0.149 e. The first-order valence-corrected chi connectivity index (χ1v) is 9.33. The number of hydrogen-bond acceptors (Lipinski definition) is 4. The minimum atomic E-state index is -0.722. The van der Waals surface area contributed by atoms with E-state index >= 15 is 0 Å². The van der Waals surface area contributed by atoms with Crippen molar-refractivity contribution in [2.45, 2.75) is 40.2 Å². The van der Waals surface area contributed by atoms with Crippen molar-refractivity contribution in [1.29, 1.82) is 0 Å². The number of anilines is 1. The van der Waals surface area contributed by atoms with Gasteiger partial charge in [0.15, 0.2) is 0 Å². The van der Waals surface area contributed by atoms with Crippen LogP contribution in [0, 0.1) is 11.3 Å². The lowest BCUT2D eigenvalue weighted by Crippen LogP contribution is -2.41. The molecule has 1 aliphatic carbocycles. The number of para-hydroxylation sites is 1. The Morgan fingerprint density at radius 3 is 2.04 bits per heavy atom. The zero-order valence-electron chi connectivity index (χ0n) is 16.2. The number of nitrogens with zero attached hydrogens (tertiary/aromatic N) is 2. The van der Waals surface area contributed by atoms with E-state index < -0.39 is 5.92 Å². The molecule has 0 aromatic heterocycles. The van der Waals surface area contributed by atoms with Gasteiger partial charge in [-0.1, -0.05) is 62.4 Å². The lowest BCUT2D eigenvalue weighted by Gasteiger charge is -2.32. The third-order valence-electron chi connectivity index (χ3n) is 4.88. The van der Waals surface area contributed by atoms with Crippen molar-refractivity contribution in [2.24, 2.45) is 16.4 Å². The number of benzene rings is 2. The third-order valence-corrected chi connectivity index (χ3v) is 4.88. The molecule has 0 saturated heterocycles. The van der Waals surface area contributed by atoms with Crippen molar-refractivity contribution in [3.8, 4) is 0 Å². The van der Waals surface area contributed by atoms with Gasteiger partial charge in [0.25, 0.3) is 0 Å². The minimum Gasteiger partial charge on any atom is -0.298 e. The van der Waals surface area contributed by atoms with Crippen LogP contribution >= 0.6 is 0 Å². The van der Waals surface area contributed by atoms with Gasteiger partial charge in [-0.05, 0) is 30.0 Å². The minimum absolute atomic E-state index is 0.0229. The topological polar surface area (TPSA) is 49.7 Å². The fourth-order valence-corrected chi connectivity index (χ4v) is 3.64. The molecule has 0 unspecified atom stereocenters. The molecule has 0 radical (unpaired) electrons. The number of carbonyl (C=O) groups excluding carboxylic acids is 2. The number of carbonyl (C=O) groups is 2. The quantitative estimate of drug-likeness (QED) is 0.442. The van der Waals surface area contributed by atoms with Crippen LogP contribution in [0.3, 0.4) is 0 Å². The highest BCUT2D eigenvalue weighted by Gasteiger charge is 2.41. The van der Waals surface area contributed by atoms with Gasteiger partial charge < -0.3 is 0 Å². The highest BCUT2D eigenvalue weighted by atomic mass is 16.2. The molecule has 1 fully saturated rings. The predicted molar refractivity (Wildman–Crippen MR) is 109 cm³/mol. The first-order chi connectivity index (χ1) is 12.9.